The lowest BCUT2D eigenvalue weighted by Crippen LogP contribution is -2.29. The number of carboxylic acid groups (broad SMARTS) is 1. The second-order valence-electron chi connectivity index (χ2n) is 4.36. The average molecular weight is 298 g/mol. The number of hydrogen-bond donors (Lipinski definition) is 2. The lowest BCUT2D eigenvalue weighted by atomic mass is 10.3. The Morgan fingerprint density at radius 1 is 1.30 bits per heavy atom. The third-order valence-electron chi connectivity index (χ3n) is 2.95. The number of nitrogens with zero attached hydrogens (tertiary/aromatic N) is 1. The molecule has 1 aliphatic rings. The number of carbonyl (C=O) groups is 2. The van der Waals surface area contributed by atoms with E-state index in [1.807, 2.05) is 4.72 Å². The third kappa shape index (κ3) is 3.14. The van der Waals surface area contributed by atoms with E-state index >= 15 is 0 Å². The van der Waals surface area contributed by atoms with Gasteiger partial charge >= 0.3 is 5.97 Å². The van der Waals surface area contributed by atoms with E-state index in [1.54, 1.807) is 17.0 Å². The summed E-state index contributed by atoms with van der Waals surface area (Å²) < 4.78 is 25.5. The van der Waals surface area contributed by atoms with Crippen molar-refractivity contribution in [2.24, 2.45) is 0 Å². The van der Waals surface area contributed by atoms with Crippen molar-refractivity contribution in [3.63, 3.8) is 0 Å². The first-order valence-electron chi connectivity index (χ1n) is 6.02. The first kappa shape index (κ1) is 14.5. The molecule has 1 fully saturated rings. The molecule has 0 aromatic heterocycles. The summed E-state index contributed by atoms with van der Waals surface area (Å²) in [6.07, 6.45) is 1.29. The average Bonchev–Trinajstić information content (AvgIpc) is 2.83. The minimum absolute atomic E-state index is 0.0182. The number of hydrogen-bond acceptors (Lipinski definition) is 4. The number of anilines is 1. The molecule has 1 aliphatic heterocycles. The molecule has 1 aromatic rings. The highest BCUT2D eigenvalue weighted by atomic mass is 32.2. The molecule has 108 valence electrons. The summed E-state index contributed by atoms with van der Waals surface area (Å²) in [4.78, 5) is 23.5. The maximum absolute atomic E-state index is 11.8. The zero-order valence-electron chi connectivity index (χ0n) is 10.6. The van der Waals surface area contributed by atoms with E-state index in [-0.39, 0.29) is 10.8 Å². The highest BCUT2D eigenvalue weighted by Crippen LogP contribution is 2.22. The van der Waals surface area contributed by atoms with Crippen molar-refractivity contribution in [3.05, 3.63) is 24.3 Å². The summed E-state index contributed by atoms with van der Waals surface area (Å²) in [6.45, 7) is -0.0448. The van der Waals surface area contributed by atoms with Crippen molar-refractivity contribution in [3.8, 4) is 0 Å². The van der Waals surface area contributed by atoms with Gasteiger partial charge in [0.1, 0.15) is 6.54 Å². The number of carboxylic acids is 1. The zero-order chi connectivity index (χ0) is 14.8. The molecular formula is C12H14N2O5S. The smallest absolute Gasteiger partial charge is 0.318 e. The van der Waals surface area contributed by atoms with Crippen molar-refractivity contribution in [1.29, 1.82) is 0 Å². The predicted octanol–water partition coefficient (Wildman–Crippen LogP) is 0.176. The van der Waals surface area contributed by atoms with Crippen LogP contribution >= 0.6 is 0 Å². The summed E-state index contributed by atoms with van der Waals surface area (Å²) in [5, 5.41) is 8.47. The Hall–Kier alpha value is -1.93. The van der Waals surface area contributed by atoms with E-state index in [0.717, 1.165) is 6.42 Å². The topological polar surface area (TPSA) is 104 Å². The Morgan fingerprint density at radius 2 is 1.95 bits per heavy atom. The molecule has 2 N–H and O–H groups in total. The minimum atomic E-state index is -3.84. The Bertz CT molecular complexity index is 624. The second-order valence-corrected chi connectivity index (χ2v) is 6.13. The first-order chi connectivity index (χ1) is 9.40. The molecule has 2 rings (SSSR count). The molecule has 8 heteroatoms. The molecule has 7 nitrogen and oxygen atoms in total. The summed E-state index contributed by atoms with van der Waals surface area (Å²) in [5.74, 6) is -1.24. The van der Waals surface area contributed by atoms with Crippen molar-refractivity contribution < 1.29 is 23.1 Å². The van der Waals surface area contributed by atoms with Crippen LogP contribution in [0, 0.1) is 0 Å². The summed E-state index contributed by atoms with van der Waals surface area (Å²) >= 11 is 0. The molecule has 0 spiro atoms. The molecule has 0 unspecified atom stereocenters. The first-order valence-corrected chi connectivity index (χ1v) is 7.50. The summed E-state index contributed by atoms with van der Waals surface area (Å²) in [7, 11) is -3.84. The number of nitrogens with one attached hydrogen (secondary N) is 1. The normalized spacial score (nSPS) is 15.6. The zero-order valence-corrected chi connectivity index (χ0v) is 11.4. The van der Waals surface area contributed by atoms with Crippen LogP contribution in [-0.2, 0) is 19.6 Å². The molecule has 20 heavy (non-hydrogen) atoms. The monoisotopic (exact) mass is 298 g/mol. The number of benzene rings is 1. The third-order valence-corrected chi connectivity index (χ3v) is 4.36. The highest BCUT2D eigenvalue weighted by Gasteiger charge is 2.22. The van der Waals surface area contributed by atoms with Crippen LogP contribution in [0.4, 0.5) is 5.69 Å². The Labute approximate surface area is 116 Å². The standard InChI is InChI=1S/C12H14N2O5S/c15-11-2-1-7-14(11)9-3-5-10(6-4-9)20(18,19)13-8-12(16)17/h3-6,13H,1-2,7-8H2,(H,16,17). The van der Waals surface area contributed by atoms with E-state index in [0.29, 0.717) is 18.7 Å². The number of sulfonamides is 1. The minimum Gasteiger partial charge on any atom is -0.480 e. The van der Waals surface area contributed by atoms with Gasteiger partial charge < -0.3 is 10.0 Å². The molecule has 1 amide bonds. The molecular weight excluding hydrogens is 284 g/mol. The maximum Gasteiger partial charge on any atom is 0.318 e. The van der Waals surface area contributed by atoms with Gasteiger partial charge in [-0.15, -0.1) is 0 Å². The predicted molar refractivity (Wildman–Crippen MR) is 70.9 cm³/mol. The molecule has 0 bridgehead atoms. The van der Waals surface area contributed by atoms with Gasteiger partial charge in [0.15, 0.2) is 0 Å². The Kier molecular flexibility index (Phi) is 4.05. The van der Waals surface area contributed by atoms with Crippen molar-refractivity contribution in [2.75, 3.05) is 18.0 Å². The fourth-order valence-corrected chi connectivity index (χ4v) is 2.94. The van der Waals surface area contributed by atoms with Gasteiger partial charge in [-0.25, -0.2) is 8.42 Å². The van der Waals surface area contributed by atoms with Crippen LogP contribution in [-0.4, -0.2) is 38.5 Å². The highest BCUT2D eigenvalue weighted by molar-refractivity contribution is 7.89. The van der Waals surface area contributed by atoms with Crippen LogP contribution < -0.4 is 9.62 Å². The van der Waals surface area contributed by atoms with E-state index in [1.165, 1.54) is 12.1 Å². The van der Waals surface area contributed by atoms with Crippen molar-refractivity contribution in [1.82, 2.24) is 4.72 Å². The van der Waals surface area contributed by atoms with E-state index in [9.17, 15) is 18.0 Å². The molecule has 0 aliphatic carbocycles. The van der Waals surface area contributed by atoms with Crippen LogP contribution in [0.2, 0.25) is 0 Å². The number of carbonyl (C=O) groups excluding carboxylic acids is 1. The molecule has 1 saturated heterocycles. The maximum atomic E-state index is 11.8. The van der Waals surface area contributed by atoms with Gasteiger partial charge in [-0.1, -0.05) is 0 Å². The van der Waals surface area contributed by atoms with Crippen LogP contribution in [0.5, 0.6) is 0 Å². The summed E-state index contributed by atoms with van der Waals surface area (Å²) in [5.41, 5.74) is 0.643. The molecule has 1 aromatic carbocycles. The Balaban J connectivity index is 2.15. The van der Waals surface area contributed by atoms with Crippen LogP contribution in [0.25, 0.3) is 0 Å². The molecule has 0 atom stereocenters. The summed E-state index contributed by atoms with van der Waals surface area (Å²) in [6, 6.07) is 5.79. The van der Waals surface area contributed by atoms with Gasteiger partial charge in [0.05, 0.1) is 4.90 Å². The van der Waals surface area contributed by atoms with Crippen molar-refractivity contribution in [2.45, 2.75) is 17.7 Å². The molecule has 0 radical (unpaired) electrons. The van der Waals surface area contributed by atoms with E-state index in [4.69, 9.17) is 5.11 Å². The second kappa shape index (κ2) is 5.59. The van der Waals surface area contributed by atoms with Crippen LogP contribution in [0.15, 0.2) is 29.2 Å². The Morgan fingerprint density at radius 3 is 2.45 bits per heavy atom. The lowest BCUT2D eigenvalue weighted by molar-refractivity contribution is -0.135. The fourth-order valence-electron chi connectivity index (χ4n) is 1.97. The SMILES string of the molecule is O=C(O)CNS(=O)(=O)c1ccc(N2CCCC2=O)cc1. The molecule has 1 heterocycles. The number of aliphatic carboxylic acids is 1. The number of rotatable bonds is 5. The van der Waals surface area contributed by atoms with Gasteiger partial charge in [0.2, 0.25) is 15.9 Å². The quantitative estimate of drug-likeness (QED) is 0.807. The van der Waals surface area contributed by atoms with Gasteiger partial charge in [-0.3, -0.25) is 9.59 Å². The van der Waals surface area contributed by atoms with Gasteiger partial charge in [-0.2, -0.15) is 4.72 Å². The van der Waals surface area contributed by atoms with Gasteiger partial charge in [-0.05, 0) is 30.7 Å². The van der Waals surface area contributed by atoms with Gasteiger partial charge in [0, 0.05) is 18.7 Å². The largest absolute Gasteiger partial charge is 0.480 e. The lowest BCUT2D eigenvalue weighted by Gasteiger charge is -2.15. The van der Waals surface area contributed by atoms with Gasteiger partial charge in [0.25, 0.3) is 0 Å². The van der Waals surface area contributed by atoms with Crippen LogP contribution in [0.3, 0.4) is 0 Å². The van der Waals surface area contributed by atoms with E-state index < -0.39 is 22.5 Å². The van der Waals surface area contributed by atoms with Crippen LogP contribution in [0.1, 0.15) is 12.8 Å². The van der Waals surface area contributed by atoms with Crippen molar-refractivity contribution >= 4 is 27.6 Å². The fraction of sp³-hybridized carbons (Fsp3) is 0.333. The van der Waals surface area contributed by atoms with E-state index in [2.05, 4.69) is 0 Å². The molecule has 0 saturated carbocycles. The number of amides is 1.